The molecule has 1 rings (SSSR count). The summed E-state index contributed by atoms with van der Waals surface area (Å²) in [5, 5.41) is 12.0. The van der Waals surface area contributed by atoms with Gasteiger partial charge in [0.2, 0.25) is 0 Å². The van der Waals surface area contributed by atoms with Crippen LogP contribution in [-0.2, 0) is 4.79 Å². The fourth-order valence-corrected chi connectivity index (χ4v) is 1.65. The highest BCUT2D eigenvalue weighted by Crippen LogP contribution is 2.22. The summed E-state index contributed by atoms with van der Waals surface area (Å²) in [6, 6.07) is 7.82. The summed E-state index contributed by atoms with van der Waals surface area (Å²) in [7, 11) is 0. The number of hydrogen-bond acceptors (Lipinski definition) is 2. The van der Waals surface area contributed by atoms with E-state index in [0.29, 0.717) is 6.54 Å². The molecule has 3 nitrogen and oxygen atoms in total. The van der Waals surface area contributed by atoms with E-state index in [4.69, 9.17) is 5.11 Å². The van der Waals surface area contributed by atoms with Crippen molar-refractivity contribution in [1.82, 2.24) is 0 Å². The number of aliphatic carboxylic acids is 1. The molecule has 1 aromatic rings. The topological polar surface area (TPSA) is 49.3 Å². The molecular weight excluding hydrogens is 270 g/mol. The van der Waals surface area contributed by atoms with Crippen LogP contribution < -0.4 is 5.32 Å². The van der Waals surface area contributed by atoms with Gasteiger partial charge in [-0.3, -0.25) is 4.79 Å². The molecule has 0 bridgehead atoms. The van der Waals surface area contributed by atoms with Crippen LogP contribution in [0.2, 0.25) is 0 Å². The van der Waals surface area contributed by atoms with Crippen molar-refractivity contribution in [1.29, 1.82) is 0 Å². The molecule has 0 fully saturated rings. The van der Waals surface area contributed by atoms with E-state index in [1.54, 1.807) is 0 Å². The van der Waals surface area contributed by atoms with Crippen LogP contribution in [0.1, 0.15) is 20.3 Å². The number of carboxylic acids is 1. The molecule has 0 saturated heterocycles. The molecule has 1 aromatic carbocycles. The molecule has 0 aromatic heterocycles. The highest BCUT2D eigenvalue weighted by molar-refractivity contribution is 9.10. The van der Waals surface area contributed by atoms with Crippen molar-refractivity contribution < 1.29 is 9.90 Å². The second-order valence-electron chi connectivity index (χ2n) is 4.60. The molecule has 0 heterocycles. The first-order valence-corrected chi connectivity index (χ1v) is 5.90. The van der Waals surface area contributed by atoms with Gasteiger partial charge in [0, 0.05) is 16.7 Å². The summed E-state index contributed by atoms with van der Waals surface area (Å²) in [4.78, 5) is 10.6. The molecular formula is C12H16BrNO2. The number of anilines is 1. The van der Waals surface area contributed by atoms with E-state index < -0.39 is 5.97 Å². The van der Waals surface area contributed by atoms with Crippen molar-refractivity contribution >= 4 is 27.6 Å². The van der Waals surface area contributed by atoms with E-state index in [9.17, 15) is 4.79 Å². The fourth-order valence-electron chi connectivity index (χ4n) is 1.38. The van der Waals surface area contributed by atoms with Crippen LogP contribution in [0.4, 0.5) is 5.69 Å². The molecule has 0 saturated carbocycles. The van der Waals surface area contributed by atoms with Gasteiger partial charge in [-0.25, -0.2) is 0 Å². The third-order valence-corrected chi connectivity index (χ3v) is 2.77. The van der Waals surface area contributed by atoms with Crippen LogP contribution in [0.25, 0.3) is 0 Å². The molecule has 0 aliphatic carbocycles. The van der Waals surface area contributed by atoms with E-state index in [1.165, 1.54) is 0 Å². The van der Waals surface area contributed by atoms with Crippen LogP contribution >= 0.6 is 15.9 Å². The van der Waals surface area contributed by atoms with Gasteiger partial charge in [0.15, 0.2) is 0 Å². The molecule has 0 aliphatic rings. The first-order valence-electron chi connectivity index (χ1n) is 5.10. The Morgan fingerprint density at radius 3 is 2.44 bits per heavy atom. The lowest BCUT2D eigenvalue weighted by molar-refractivity contribution is -0.139. The average molecular weight is 286 g/mol. The minimum Gasteiger partial charge on any atom is -0.481 e. The van der Waals surface area contributed by atoms with Crippen molar-refractivity contribution in [3.8, 4) is 0 Å². The number of carboxylic acid groups (broad SMARTS) is 1. The van der Waals surface area contributed by atoms with Crippen LogP contribution in [0.15, 0.2) is 28.7 Å². The second kappa shape index (κ2) is 5.34. The van der Waals surface area contributed by atoms with Crippen molar-refractivity contribution in [2.45, 2.75) is 20.3 Å². The van der Waals surface area contributed by atoms with E-state index in [-0.39, 0.29) is 11.8 Å². The monoisotopic (exact) mass is 285 g/mol. The van der Waals surface area contributed by atoms with Crippen LogP contribution in [0.3, 0.4) is 0 Å². The van der Waals surface area contributed by atoms with Crippen molar-refractivity contribution in [2.75, 3.05) is 11.9 Å². The summed E-state index contributed by atoms with van der Waals surface area (Å²) < 4.78 is 1.03. The highest BCUT2D eigenvalue weighted by Gasteiger charge is 2.21. The molecule has 0 atom stereocenters. The zero-order valence-electron chi connectivity index (χ0n) is 9.46. The first-order chi connectivity index (χ1) is 7.39. The Bertz CT molecular complexity index is 360. The Kier molecular flexibility index (Phi) is 4.35. The Morgan fingerprint density at radius 1 is 1.38 bits per heavy atom. The molecule has 0 unspecified atom stereocenters. The van der Waals surface area contributed by atoms with Gasteiger partial charge in [0.05, 0.1) is 6.42 Å². The summed E-state index contributed by atoms with van der Waals surface area (Å²) in [5.41, 5.74) is 0.750. The molecule has 2 N–H and O–H groups in total. The summed E-state index contributed by atoms with van der Waals surface area (Å²) >= 11 is 3.36. The summed E-state index contributed by atoms with van der Waals surface area (Å²) in [6.07, 6.45) is 0.163. The van der Waals surface area contributed by atoms with E-state index in [2.05, 4.69) is 21.2 Å². The average Bonchev–Trinajstić information content (AvgIpc) is 2.15. The van der Waals surface area contributed by atoms with E-state index in [0.717, 1.165) is 10.2 Å². The van der Waals surface area contributed by atoms with Crippen molar-refractivity contribution in [2.24, 2.45) is 5.41 Å². The molecule has 0 aliphatic heterocycles. The number of benzene rings is 1. The van der Waals surface area contributed by atoms with Gasteiger partial charge in [-0.2, -0.15) is 0 Å². The predicted molar refractivity (Wildman–Crippen MR) is 68.7 cm³/mol. The van der Waals surface area contributed by atoms with Crippen molar-refractivity contribution in [3.05, 3.63) is 28.7 Å². The van der Waals surface area contributed by atoms with Gasteiger partial charge in [-0.05, 0) is 29.7 Å². The Balaban J connectivity index is 2.50. The Morgan fingerprint density at radius 2 is 1.94 bits per heavy atom. The standard InChI is InChI=1S/C12H16BrNO2/c1-12(2,7-11(15)16)8-14-10-5-3-9(13)4-6-10/h3-6,14H,7-8H2,1-2H3,(H,15,16). The van der Waals surface area contributed by atoms with Gasteiger partial charge in [-0.15, -0.1) is 0 Å². The zero-order valence-corrected chi connectivity index (χ0v) is 11.0. The SMILES string of the molecule is CC(C)(CNc1ccc(Br)cc1)CC(=O)O. The lowest BCUT2D eigenvalue weighted by Crippen LogP contribution is -2.26. The Hall–Kier alpha value is -1.03. The molecule has 88 valence electrons. The minimum absolute atomic E-state index is 0.163. The number of hydrogen-bond donors (Lipinski definition) is 2. The second-order valence-corrected chi connectivity index (χ2v) is 5.51. The predicted octanol–water partition coefficient (Wildman–Crippen LogP) is 3.36. The van der Waals surface area contributed by atoms with Gasteiger partial charge in [0.25, 0.3) is 0 Å². The number of carbonyl (C=O) groups is 1. The van der Waals surface area contributed by atoms with E-state index in [1.807, 2.05) is 38.1 Å². The Labute approximate surface area is 104 Å². The van der Waals surface area contributed by atoms with Crippen LogP contribution in [0, 0.1) is 5.41 Å². The van der Waals surface area contributed by atoms with E-state index >= 15 is 0 Å². The molecule has 0 spiro atoms. The maximum atomic E-state index is 10.6. The van der Waals surface area contributed by atoms with Gasteiger partial charge >= 0.3 is 5.97 Å². The third-order valence-electron chi connectivity index (χ3n) is 2.25. The molecule has 0 radical (unpaired) electrons. The van der Waals surface area contributed by atoms with Crippen molar-refractivity contribution in [3.63, 3.8) is 0 Å². The number of halogens is 1. The largest absolute Gasteiger partial charge is 0.481 e. The zero-order chi connectivity index (χ0) is 12.2. The van der Waals surface area contributed by atoms with Gasteiger partial charge < -0.3 is 10.4 Å². The summed E-state index contributed by atoms with van der Waals surface area (Å²) in [6.45, 7) is 4.51. The first kappa shape index (κ1) is 13.0. The molecule has 0 amide bonds. The number of rotatable bonds is 5. The fraction of sp³-hybridized carbons (Fsp3) is 0.417. The highest BCUT2D eigenvalue weighted by atomic mass is 79.9. The maximum absolute atomic E-state index is 10.6. The number of nitrogens with one attached hydrogen (secondary N) is 1. The van der Waals surface area contributed by atoms with Gasteiger partial charge in [0.1, 0.15) is 0 Å². The molecule has 4 heteroatoms. The van der Waals surface area contributed by atoms with Crippen LogP contribution in [-0.4, -0.2) is 17.6 Å². The van der Waals surface area contributed by atoms with Gasteiger partial charge in [-0.1, -0.05) is 29.8 Å². The normalized spacial score (nSPS) is 11.2. The quantitative estimate of drug-likeness (QED) is 0.872. The maximum Gasteiger partial charge on any atom is 0.303 e. The lowest BCUT2D eigenvalue weighted by atomic mass is 9.89. The minimum atomic E-state index is -0.761. The third kappa shape index (κ3) is 4.66. The molecule has 16 heavy (non-hydrogen) atoms. The smallest absolute Gasteiger partial charge is 0.303 e. The lowest BCUT2D eigenvalue weighted by Gasteiger charge is -2.23. The van der Waals surface area contributed by atoms with Crippen LogP contribution in [0.5, 0.6) is 0 Å². The summed E-state index contributed by atoms with van der Waals surface area (Å²) in [5.74, 6) is -0.761.